The van der Waals surface area contributed by atoms with Crippen LogP contribution in [0, 0.1) is 0 Å². The molecular formula is C29H21N3O2. The maximum atomic E-state index is 13.1. The van der Waals surface area contributed by atoms with Crippen LogP contribution in [0.15, 0.2) is 109 Å². The maximum absolute atomic E-state index is 13.1. The molecule has 5 nitrogen and oxygen atoms in total. The van der Waals surface area contributed by atoms with Crippen molar-refractivity contribution in [3.63, 3.8) is 0 Å². The van der Waals surface area contributed by atoms with Gasteiger partial charge in [0, 0.05) is 29.2 Å². The summed E-state index contributed by atoms with van der Waals surface area (Å²) in [6.45, 7) is 0.682. The van der Waals surface area contributed by atoms with Crippen LogP contribution in [0.5, 0.6) is 0 Å². The Kier molecular flexibility index (Phi) is 4.73. The molecule has 1 aromatic heterocycles. The molecule has 2 heterocycles. The lowest BCUT2D eigenvalue weighted by atomic mass is 10.0. The van der Waals surface area contributed by atoms with Crippen molar-refractivity contribution in [1.29, 1.82) is 0 Å². The number of nitrogens with zero attached hydrogens (tertiary/aromatic N) is 2. The van der Waals surface area contributed by atoms with Crippen molar-refractivity contribution in [3.05, 3.63) is 120 Å². The van der Waals surface area contributed by atoms with Crippen LogP contribution in [0.25, 0.3) is 27.8 Å². The van der Waals surface area contributed by atoms with E-state index in [0.717, 1.165) is 16.5 Å². The SMILES string of the molecule is O=C1NN(c2ccccc2)C(=O)/C1=C/c1cn(Cc2cccc3ccccc23)c2ccccc12. The molecule has 0 saturated carbocycles. The Bertz CT molecular complexity index is 1590. The van der Waals surface area contributed by atoms with E-state index in [1.807, 2.05) is 48.7 Å². The minimum atomic E-state index is -0.403. The zero-order chi connectivity index (χ0) is 23.1. The Balaban J connectivity index is 1.41. The van der Waals surface area contributed by atoms with Crippen molar-refractivity contribution >= 4 is 45.3 Å². The molecule has 2 amide bonds. The number of para-hydroxylation sites is 2. The van der Waals surface area contributed by atoms with E-state index in [0.29, 0.717) is 12.2 Å². The monoisotopic (exact) mass is 443 g/mol. The van der Waals surface area contributed by atoms with Crippen molar-refractivity contribution in [2.75, 3.05) is 5.01 Å². The van der Waals surface area contributed by atoms with Gasteiger partial charge in [-0.2, -0.15) is 0 Å². The summed E-state index contributed by atoms with van der Waals surface area (Å²) >= 11 is 0. The first-order valence-corrected chi connectivity index (χ1v) is 11.2. The molecular weight excluding hydrogens is 422 g/mol. The molecule has 34 heavy (non-hydrogen) atoms. The molecule has 164 valence electrons. The maximum Gasteiger partial charge on any atom is 0.282 e. The zero-order valence-corrected chi connectivity index (χ0v) is 18.3. The minimum Gasteiger partial charge on any atom is -0.342 e. The lowest BCUT2D eigenvalue weighted by Crippen LogP contribution is -2.35. The number of fused-ring (bicyclic) bond motifs is 2. The third kappa shape index (κ3) is 3.35. The van der Waals surface area contributed by atoms with Crippen LogP contribution < -0.4 is 10.4 Å². The van der Waals surface area contributed by atoms with E-state index in [4.69, 9.17) is 0 Å². The molecule has 0 aliphatic carbocycles. The van der Waals surface area contributed by atoms with Crippen LogP contribution in [0.4, 0.5) is 5.69 Å². The molecule has 1 N–H and O–H groups in total. The van der Waals surface area contributed by atoms with E-state index in [1.54, 1.807) is 18.2 Å². The number of benzene rings is 4. The number of amides is 2. The summed E-state index contributed by atoms with van der Waals surface area (Å²) in [5.74, 6) is -0.762. The molecule has 0 radical (unpaired) electrons. The van der Waals surface area contributed by atoms with Crippen molar-refractivity contribution in [2.24, 2.45) is 0 Å². The number of nitrogens with one attached hydrogen (secondary N) is 1. The number of hydrogen-bond acceptors (Lipinski definition) is 2. The first-order chi connectivity index (χ1) is 16.7. The van der Waals surface area contributed by atoms with Crippen LogP contribution in [0.3, 0.4) is 0 Å². The third-order valence-corrected chi connectivity index (χ3v) is 6.25. The summed E-state index contributed by atoms with van der Waals surface area (Å²) in [4.78, 5) is 25.8. The number of hydrogen-bond donors (Lipinski definition) is 1. The van der Waals surface area contributed by atoms with Crippen LogP contribution in [-0.4, -0.2) is 16.4 Å². The fraction of sp³-hybridized carbons (Fsp3) is 0.0345. The third-order valence-electron chi connectivity index (χ3n) is 6.25. The Morgan fingerprint density at radius 1 is 0.735 bits per heavy atom. The average molecular weight is 444 g/mol. The van der Waals surface area contributed by atoms with Gasteiger partial charge in [-0.05, 0) is 40.6 Å². The number of hydrazine groups is 1. The Morgan fingerprint density at radius 2 is 1.44 bits per heavy atom. The van der Waals surface area contributed by atoms with Gasteiger partial charge in [0.2, 0.25) is 0 Å². The zero-order valence-electron chi connectivity index (χ0n) is 18.3. The number of carbonyl (C=O) groups excluding carboxylic acids is 2. The molecule has 0 unspecified atom stereocenters. The number of rotatable bonds is 4. The second-order valence-corrected chi connectivity index (χ2v) is 8.34. The number of aromatic nitrogens is 1. The summed E-state index contributed by atoms with van der Waals surface area (Å²) in [7, 11) is 0. The largest absolute Gasteiger partial charge is 0.342 e. The molecule has 1 saturated heterocycles. The predicted octanol–water partition coefficient (Wildman–Crippen LogP) is 5.30. The van der Waals surface area contributed by atoms with Gasteiger partial charge in [-0.15, -0.1) is 0 Å². The fourth-order valence-electron chi connectivity index (χ4n) is 4.61. The van der Waals surface area contributed by atoms with Gasteiger partial charge in [0.1, 0.15) is 5.57 Å². The van der Waals surface area contributed by atoms with E-state index in [2.05, 4.69) is 52.5 Å². The minimum absolute atomic E-state index is 0.122. The van der Waals surface area contributed by atoms with Crippen LogP contribution >= 0.6 is 0 Å². The first-order valence-electron chi connectivity index (χ1n) is 11.2. The van der Waals surface area contributed by atoms with Crippen LogP contribution in [-0.2, 0) is 16.1 Å². The lowest BCUT2D eigenvalue weighted by Gasteiger charge is -2.13. The highest BCUT2D eigenvalue weighted by molar-refractivity contribution is 6.32. The highest BCUT2D eigenvalue weighted by atomic mass is 16.2. The fourth-order valence-corrected chi connectivity index (χ4v) is 4.61. The molecule has 6 rings (SSSR count). The molecule has 0 atom stereocenters. The predicted molar refractivity (Wildman–Crippen MR) is 135 cm³/mol. The molecule has 0 bridgehead atoms. The average Bonchev–Trinajstić information content (AvgIpc) is 3.37. The molecule has 5 heteroatoms. The van der Waals surface area contributed by atoms with Gasteiger partial charge in [-0.25, -0.2) is 5.01 Å². The molecule has 1 aliphatic heterocycles. The summed E-state index contributed by atoms with van der Waals surface area (Å²) in [5.41, 5.74) is 6.52. The summed E-state index contributed by atoms with van der Waals surface area (Å²) < 4.78 is 2.18. The molecule has 5 aromatic rings. The normalized spacial score (nSPS) is 14.9. The van der Waals surface area contributed by atoms with E-state index in [1.165, 1.54) is 21.3 Å². The van der Waals surface area contributed by atoms with Gasteiger partial charge < -0.3 is 4.57 Å². The topological polar surface area (TPSA) is 54.3 Å². The molecule has 0 spiro atoms. The number of anilines is 1. The Labute approximate surface area is 196 Å². The Hall–Kier alpha value is -4.64. The second-order valence-electron chi connectivity index (χ2n) is 8.34. The van der Waals surface area contributed by atoms with Crippen molar-refractivity contribution in [3.8, 4) is 0 Å². The summed E-state index contributed by atoms with van der Waals surface area (Å²) in [6, 6.07) is 31.9. The van der Waals surface area contributed by atoms with Gasteiger partial charge in [0.15, 0.2) is 0 Å². The summed E-state index contributed by atoms with van der Waals surface area (Å²) in [5, 5.41) is 4.71. The Morgan fingerprint density at radius 3 is 2.29 bits per heavy atom. The van der Waals surface area contributed by atoms with E-state index in [-0.39, 0.29) is 11.5 Å². The molecule has 4 aromatic carbocycles. The lowest BCUT2D eigenvalue weighted by molar-refractivity contribution is -0.117. The van der Waals surface area contributed by atoms with Gasteiger partial charge in [-0.3, -0.25) is 15.0 Å². The van der Waals surface area contributed by atoms with Gasteiger partial charge >= 0.3 is 0 Å². The highest BCUT2D eigenvalue weighted by Crippen LogP contribution is 2.28. The quantitative estimate of drug-likeness (QED) is 0.303. The summed E-state index contributed by atoms with van der Waals surface area (Å²) in [6.07, 6.45) is 3.72. The van der Waals surface area contributed by atoms with Crippen LogP contribution in [0.2, 0.25) is 0 Å². The highest BCUT2D eigenvalue weighted by Gasteiger charge is 2.34. The van der Waals surface area contributed by atoms with E-state index in [9.17, 15) is 9.59 Å². The van der Waals surface area contributed by atoms with Crippen LogP contribution in [0.1, 0.15) is 11.1 Å². The van der Waals surface area contributed by atoms with Crippen molar-refractivity contribution in [1.82, 2.24) is 9.99 Å². The van der Waals surface area contributed by atoms with Crippen molar-refractivity contribution < 1.29 is 9.59 Å². The standard InChI is InChI=1S/C29H21N3O2/c33-28-26(29(34)32(30-28)23-12-2-1-3-13-23)17-22-19-31(27-16-7-6-15-25(22)27)18-21-11-8-10-20-9-4-5-14-24(20)21/h1-17,19H,18H2,(H,30,33)/b26-17+. The van der Waals surface area contributed by atoms with Gasteiger partial charge in [0.25, 0.3) is 11.8 Å². The second kappa shape index (κ2) is 8.05. The van der Waals surface area contributed by atoms with Gasteiger partial charge in [-0.1, -0.05) is 78.9 Å². The van der Waals surface area contributed by atoms with E-state index >= 15 is 0 Å². The smallest absolute Gasteiger partial charge is 0.282 e. The first kappa shape index (κ1) is 20.0. The van der Waals surface area contributed by atoms with Crippen molar-refractivity contribution in [2.45, 2.75) is 6.54 Å². The molecule has 1 fully saturated rings. The van der Waals surface area contributed by atoms with Gasteiger partial charge in [0.05, 0.1) is 5.69 Å². The van der Waals surface area contributed by atoms with E-state index < -0.39 is 5.91 Å². The number of carbonyl (C=O) groups is 2. The molecule has 1 aliphatic rings.